The number of nitrogens with zero attached hydrogens (tertiary/aromatic N) is 3. The Labute approximate surface area is 214 Å². The highest BCUT2D eigenvalue weighted by molar-refractivity contribution is 5.95. The Morgan fingerprint density at radius 1 is 1.14 bits per heavy atom. The van der Waals surface area contributed by atoms with Crippen LogP contribution in [0.5, 0.6) is 5.75 Å². The number of amides is 2. The molecule has 2 amide bonds. The van der Waals surface area contributed by atoms with Crippen LogP contribution in [0.15, 0.2) is 53.5 Å². The van der Waals surface area contributed by atoms with Crippen molar-refractivity contribution in [3.8, 4) is 5.75 Å². The number of halogens is 2. The number of hydrogen-bond acceptors (Lipinski definition) is 6. The summed E-state index contributed by atoms with van der Waals surface area (Å²) in [6, 6.07) is 8.49. The van der Waals surface area contributed by atoms with E-state index in [0.29, 0.717) is 37.1 Å². The quantitative estimate of drug-likeness (QED) is 0.614. The number of benzene rings is 2. The van der Waals surface area contributed by atoms with Crippen LogP contribution in [0.25, 0.3) is 0 Å². The number of primary amides is 1. The summed E-state index contributed by atoms with van der Waals surface area (Å²) in [6.45, 7) is 1.09. The van der Waals surface area contributed by atoms with Gasteiger partial charge in [-0.2, -0.15) is 0 Å². The van der Waals surface area contributed by atoms with Gasteiger partial charge < -0.3 is 25.0 Å². The molecule has 2 unspecified atom stereocenters. The van der Waals surface area contributed by atoms with E-state index < -0.39 is 29.2 Å². The van der Waals surface area contributed by atoms with Gasteiger partial charge in [-0.15, -0.1) is 0 Å². The molecule has 2 aliphatic rings. The zero-order chi connectivity index (χ0) is 26.7. The summed E-state index contributed by atoms with van der Waals surface area (Å²) in [5.41, 5.74) is 5.98. The highest BCUT2D eigenvalue weighted by atomic mass is 19.1. The summed E-state index contributed by atoms with van der Waals surface area (Å²) in [6.07, 6.45) is 5.69. The zero-order valence-electron chi connectivity index (χ0n) is 21.0. The molecule has 10 heteroatoms. The molecule has 2 aromatic carbocycles. The van der Waals surface area contributed by atoms with Crippen molar-refractivity contribution < 1.29 is 27.8 Å². The van der Waals surface area contributed by atoms with Gasteiger partial charge in [0.1, 0.15) is 17.8 Å². The van der Waals surface area contributed by atoms with Gasteiger partial charge in [0, 0.05) is 76.2 Å². The molecule has 0 spiro atoms. The highest BCUT2D eigenvalue weighted by Crippen LogP contribution is 2.43. The molecule has 2 heterocycles. The fourth-order valence-electron chi connectivity index (χ4n) is 4.79. The van der Waals surface area contributed by atoms with E-state index in [2.05, 4.69) is 9.89 Å². The molecular formula is C27H30F2N4O4. The smallest absolute Gasteiger partial charge is 0.253 e. The first-order valence-corrected chi connectivity index (χ1v) is 12.0. The number of carbonyl (C=O) groups is 2. The Balaban J connectivity index is 1.66. The zero-order valence-corrected chi connectivity index (χ0v) is 21.0. The second-order valence-corrected chi connectivity index (χ2v) is 9.25. The molecular weight excluding hydrogens is 482 g/mol. The lowest BCUT2D eigenvalue weighted by Gasteiger charge is -2.40. The van der Waals surface area contributed by atoms with Gasteiger partial charge in [0.25, 0.3) is 5.91 Å². The van der Waals surface area contributed by atoms with Crippen molar-refractivity contribution in [2.75, 3.05) is 39.2 Å². The molecule has 4 rings (SSSR count). The molecule has 2 aromatic rings. The fourth-order valence-corrected chi connectivity index (χ4v) is 4.79. The van der Waals surface area contributed by atoms with E-state index in [1.807, 2.05) is 6.07 Å². The lowest BCUT2D eigenvalue weighted by atomic mass is 9.84. The molecule has 37 heavy (non-hydrogen) atoms. The van der Waals surface area contributed by atoms with E-state index >= 15 is 0 Å². The second kappa shape index (κ2) is 10.7. The molecule has 2 N–H and O–H groups in total. The summed E-state index contributed by atoms with van der Waals surface area (Å²) in [5, 5.41) is 0. The van der Waals surface area contributed by atoms with E-state index in [9.17, 15) is 18.4 Å². The van der Waals surface area contributed by atoms with E-state index in [4.69, 9.17) is 15.2 Å². The van der Waals surface area contributed by atoms with Crippen molar-refractivity contribution in [1.82, 2.24) is 4.90 Å². The number of dihydropyridines is 1. The molecule has 1 saturated heterocycles. The van der Waals surface area contributed by atoms with Crippen molar-refractivity contribution >= 4 is 23.7 Å². The maximum atomic E-state index is 14.1. The Morgan fingerprint density at radius 2 is 1.86 bits per heavy atom. The second-order valence-electron chi connectivity index (χ2n) is 9.25. The highest BCUT2D eigenvalue weighted by Gasteiger charge is 2.46. The molecule has 0 aliphatic carbocycles. The minimum Gasteiger partial charge on any atom is -0.487 e. The Morgan fingerprint density at radius 3 is 2.49 bits per heavy atom. The number of hydrogen-bond donors (Lipinski definition) is 1. The van der Waals surface area contributed by atoms with Crippen molar-refractivity contribution in [1.29, 1.82) is 0 Å². The lowest BCUT2D eigenvalue weighted by molar-refractivity contribution is -0.131. The van der Waals surface area contributed by atoms with Gasteiger partial charge in [0.15, 0.2) is 11.6 Å². The van der Waals surface area contributed by atoms with Gasteiger partial charge in [-0.3, -0.25) is 14.6 Å². The van der Waals surface area contributed by atoms with Crippen molar-refractivity contribution in [3.63, 3.8) is 0 Å². The van der Waals surface area contributed by atoms with Crippen LogP contribution in [0.3, 0.4) is 0 Å². The minimum absolute atomic E-state index is 0.0121. The summed E-state index contributed by atoms with van der Waals surface area (Å²) < 4.78 is 39.0. The SMILES string of the molecule is COC1(c2cc(C(=O)N(C)C)ccc2N2CCC(Oc3ccc(F)cc3F)CC2)N=CC=CC1C(N)=O. The molecule has 0 saturated carbocycles. The van der Waals surface area contributed by atoms with Crippen LogP contribution in [0, 0.1) is 17.6 Å². The molecule has 196 valence electrons. The molecule has 2 aliphatic heterocycles. The standard InChI is InChI=1S/C27H30F2N4O4/c1-32(2)26(35)17-6-8-23(21(15-17)27(36-3)20(25(30)34)5-4-12-31-27)33-13-10-19(11-14-33)37-24-9-7-18(28)16-22(24)29/h4-9,12,15-16,19-20H,10-11,13-14H2,1-3H3,(H2,30,34). The number of anilines is 1. The predicted octanol–water partition coefficient (Wildman–Crippen LogP) is 3.26. The number of allylic oxidation sites excluding steroid dienone is 1. The van der Waals surface area contributed by atoms with Crippen LogP contribution >= 0.6 is 0 Å². The van der Waals surface area contributed by atoms with Gasteiger partial charge in [-0.05, 0) is 36.4 Å². The maximum absolute atomic E-state index is 14.1. The summed E-state index contributed by atoms with van der Waals surface area (Å²) in [7, 11) is 4.77. The Bertz CT molecular complexity index is 1240. The number of carbonyl (C=O) groups excluding carboxylic acids is 2. The minimum atomic E-state index is -1.46. The van der Waals surface area contributed by atoms with E-state index in [0.717, 1.165) is 17.8 Å². The number of aliphatic imine (C=N–C) groups is 1. The Hall–Kier alpha value is -3.79. The van der Waals surface area contributed by atoms with Crippen LogP contribution in [0.1, 0.15) is 28.8 Å². The molecule has 1 fully saturated rings. The fraction of sp³-hybridized carbons (Fsp3) is 0.370. The van der Waals surface area contributed by atoms with Crippen LogP contribution in [-0.4, -0.2) is 63.3 Å². The number of ether oxygens (including phenoxy) is 2. The monoisotopic (exact) mass is 512 g/mol. The van der Waals surface area contributed by atoms with Crippen molar-refractivity contribution in [2.24, 2.45) is 16.6 Å². The average molecular weight is 513 g/mol. The van der Waals surface area contributed by atoms with Crippen molar-refractivity contribution in [2.45, 2.75) is 24.7 Å². The first-order chi connectivity index (χ1) is 17.7. The number of piperidine rings is 1. The van der Waals surface area contributed by atoms with Gasteiger partial charge in [0.2, 0.25) is 11.6 Å². The van der Waals surface area contributed by atoms with Gasteiger partial charge >= 0.3 is 0 Å². The van der Waals surface area contributed by atoms with Crippen LogP contribution < -0.4 is 15.4 Å². The largest absolute Gasteiger partial charge is 0.487 e. The van der Waals surface area contributed by atoms with Crippen molar-refractivity contribution in [3.05, 3.63) is 71.3 Å². The number of rotatable bonds is 7. The van der Waals surface area contributed by atoms with E-state index in [-0.39, 0.29) is 17.8 Å². The number of methoxy groups -OCH3 is 1. The topological polar surface area (TPSA) is 97.5 Å². The normalized spacial score (nSPS) is 21.6. The van der Waals surface area contributed by atoms with Crippen LogP contribution in [0.2, 0.25) is 0 Å². The molecule has 0 bridgehead atoms. The van der Waals surface area contributed by atoms with E-state index in [1.54, 1.807) is 44.6 Å². The number of nitrogens with two attached hydrogens (primary N) is 1. The molecule has 0 radical (unpaired) electrons. The maximum Gasteiger partial charge on any atom is 0.253 e. The first kappa shape index (κ1) is 26.3. The third kappa shape index (κ3) is 5.20. The first-order valence-electron chi connectivity index (χ1n) is 12.0. The molecule has 8 nitrogen and oxygen atoms in total. The van der Waals surface area contributed by atoms with Crippen LogP contribution in [0.4, 0.5) is 14.5 Å². The summed E-state index contributed by atoms with van der Waals surface area (Å²) >= 11 is 0. The lowest BCUT2D eigenvalue weighted by Crippen LogP contribution is -2.46. The van der Waals surface area contributed by atoms with Gasteiger partial charge in [-0.25, -0.2) is 8.78 Å². The molecule has 2 atom stereocenters. The van der Waals surface area contributed by atoms with Crippen LogP contribution in [-0.2, 0) is 15.3 Å². The predicted molar refractivity (Wildman–Crippen MR) is 136 cm³/mol. The molecule has 0 aromatic heterocycles. The summed E-state index contributed by atoms with van der Waals surface area (Å²) in [5.74, 6) is -3.11. The van der Waals surface area contributed by atoms with Gasteiger partial charge in [0.05, 0.1) is 0 Å². The van der Waals surface area contributed by atoms with E-state index in [1.165, 1.54) is 18.1 Å². The third-order valence-corrected chi connectivity index (χ3v) is 6.70. The Kier molecular flexibility index (Phi) is 7.58. The average Bonchev–Trinajstić information content (AvgIpc) is 2.89. The summed E-state index contributed by atoms with van der Waals surface area (Å²) in [4.78, 5) is 33.3. The third-order valence-electron chi connectivity index (χ3n) is 6.70. The van der Waals surface area contributed by atoms with Gasteiger partial charge in [-0.1, -0.05) is 6.08 Å².